The molecule has 0 heterocycles. The van der Waals surface area contributed by atoms with Crippen LogP contribution in [-0.2, 0) is 5.33 Å². The van der Waals surface area contributed by atoms with Gasteiger partial charge in [0.25, 0.3) is 0 Å². The van der Waals surface area contributed by atoms with Crippen LogP contribution in [0.1, 0.15) is 38.8 Å². The summed E-state index contributed by atoms with van der Waals surface area (Å²) in [7, 11) is 0. The zero-order valence-electron chi connectivity index (χ0n) is 12.3. The van der Waals surface area contributed by atoms with Crippen LogP contribution in [0.4, 0.5) is 5.69 Å². The lowest BCUT2D eigenvalue weighted by Crippen LogP contribution is -2.31. The van der Waals surface area contributed by atoms with Crippen molar-refractivity contribution in [3.63, 3.8) is 0 Å². The highest BCUT2D eigenvalue weighted by atomic mass is 79.9. The molecule has 1 nitrogen and oxygen atoms in total. The summed E-state index contributed by atoms with van der Waals surface area (Å²) in [6.45, 7) is 13.6. The zero-order valence-corrected chi connectivity index (χ0v) is 13.9. The van der Waals surface area contributed by atoms with Gasteiger partial charge < -0.3 is 4.90 Å². The number of hydrogen-bond acceptors (Lipinski definition) is 1. The summed E-state index contributed by atoms with van der Waals surface area (Å²) in [5.74, 6) is 1.39. The third kappa shape index (κ3) is 4.64. The van der Waals surface area contributed by atoms with Crippen LogP contribution in [0.2, 0.25) is 0 Å². The van der Waals surface area contributed by atoms with Crippen LogP contribution in [0.15, 0.2) is 18.2 Å². The highest BCUT2D eigenvalue weighted by Crippen LogP contribution is 2.24. The monoisotopic (exact) mass is 311 g/mol. The molecule has 0 saturated heterocycles. The van der Waals surface area contributed by atoms with E-state index in [1.165, 1.54) is 16.8 Å². The van der Waals surface area contributed by atoms with Crippen LogP contribution < -0.4 is 4.90 Å². The van der Waals surface area contributed by atoms with Crippen LogP contribution in [0.3, 0.4) is 0 Å². The average molecular weight is 312 g/mol. The van der Waals surface area contributed by atoms with E-state index in [4.69, 9.17) is 0 Å². The lowest BCUT2D eigenvalue weighted by atomic mass is 10.1. The second-order valence-electron chi connectivity index (χ2n) is 5.95. The van der Waals surface area contributed by atoms with E-state index >= 15 is 0 Å². The van der Waals surface area contributed by atoms with Gasteiger partial charge in [0.1, 0.15) is 0 Å². The van der Waals surface area contributed by atoms with E-state index in [1.54, 1.807) is 0 Å². The van der Waals surface area contributed by atoms with Crippen molar-refractivity contribution in [1.29, 1.82) is 0 Å². The van der Waals surface area contributed by atoms with E-state index in [-0.39, 0.29) is 0 Å². The van der Waals surface area contributed by atoms with Gasteiger partial charge in [0.15, 0.2) is 0 Å². The van der Waals surface area contributed by atoms with Crippen molar-refractivity contribution >= 4 is 21.6 Å². The summed E-state index contributed by atoms with van der Waals surface area (Å²) >= 11 is 3.52. The molecule has 0 fully saturated rings. The summed E-state index contributed by atoms with van der Waals surface area (Å²) in [4.78, 5) is 2.53. The quantitative estimate of drug-likeness (QED) is 0.668. The molecular formula is C16H26BrN. The maximum absolute atomic E-state index is 3.52. The molecule has 0 atom stereocenters. The molecular weight excluding hydrogens is 286 g/mol. The van der Waals surface area contributed by atoms with Crippen LogP contribution >= 0.6 is 15.9 Å². The molecule has 0 radical (unpaired) electrons. The first-order valence-electron chi connectivity index (χ1n) is 6.84. The highest BCUT2D eigenvalue weighted by Gasteiger charge is 2.12. The Hall–Kier alpha value is -0.500. The van der Waals surface area contributed by atoms with Crippen molar-refractivity contribution in [2.75, 3.05) is 18.0 Å². The minimum Gasteiger partial charge on any atom is -0.371 e. The molecule has 0 N–H and O–H groups in total. The van der Waals surface area contributed by atoms with Gasteiger partial charge in [-0.25, -0.2) is 0 Å². The van der Waals surface area contributed by atoms with Gasteiger partial charge in [0.05, 0.1) is 0 Å². The fourth-order valence-electron chi connectivity index (χ4n) is 2.31. The lowest BCUT2D eigenvalue weighted by Gasteiger charge is -2.30. The van der Waals surface area contributed by atoms with Crippen molar-refractivity contribution in [3.05, 3.63) is 29.3 Å². The maximum Gasteiger partial charge on any atom is 0.0396 e. The minimum atomic E-state index is 0.694. The Morgan fingerprint density at radius 2 is 1.61 bits per heavy atom. The molecule has 18 heavy (non-hydrogen) atoms. The van der Waals surface area contributed by atoms with E-state index in [0.717, 1.165) is 18.4 Å². The summed E-state index contributed by atoms with van der Waals surface area (Å²) < 4.78 is 0. The second kappa shape index (κ2) is 7.18. The van der Waals surface area contributed by atoms with Gasteiger partial charge in [-0.2, -0.15) is 0 Å². The van der Waals surface area contributed by atoms with Gasteiger partial charge in [-0.1, -0.05) is 55.8 Å². The van der Waals surface area contributed by atoms with Gasteiger partial charge in [-0.3, -0.25) is 0 Å². The number of anilines is 1. The van der Waals surface area contributed by atoms with Gasteiger partial charge in [0, 0.05) is 24.1 Å². The molecule has 0 aromatic heterocycles. The third-order valence-corrected chi connectivity index (χ3v) is 3.57. The topological polar surface area (TPSA) is 3.24 Å². The zero-order chi connectivity index (χ0) is 13.7. The SMILES string of the molecule is Cc1cc(CBr)ccc1N(CC(C)C)CC(C)C. The van der Waals surface area contributed by atoms with Gasteiger partial charge in [0.2, 0.25) is 0 Å². The number of halogens is 1. The molecule has 1 aromatic carbocycles. The summed E-state index contributed by atoms with van der Waals surface area (Å²) in [5, 5.41) is 0.933. The molecule has 102 valence electrons. The van der Waals surface area contributed by atoms with E-state index in [2.05, 4.69) is 73.6 Å². The van der Waals surface area contributed by atoms with Crippen LogP contribution in [0.25, 0.3) is 0 Å². The molecule has 0 aliphatic carbocycles. The number of alkyl halides is 1. The first-order valence-corrected chi connectivity index (χ1v) is 7.96. The van der Waals surface area contributed by atoms with E-state index in [0.29, 0.717) is 11.8 Å². The number of rotatable bonds is 6. The van der Waals surface area contributed by atoms with Crippen molar-refractivity contribution in [2.45, 2.75) is 39.9 Å². The molecule has 2 heteroatoms. The van der Waals surface area contributed by atoms with E-state index < -0.39 is 0 Å². The molecule has 0 unspecified atom stereocenters. The normalized spacial score (nSPS) is 11.3. The van der Waals surface area contributed by atoms with E-state index in [9.17, 15) is 0 Å². The second-order valence-corrected chi connectivity index (χ2v) is 6.51. The number of benzene rings is 1. The predicted octanol–water partition coefficient (Wildman–Crippen LogP) is 5.01. The molecule has 0 spiro atoms. The molecule has 1 aromatic rings. The predicted molar refractivity (Wildman–Crippen MR) is 85.7 cm³/mol. The first kappa shape index (κ1) is 15.6. The van der Waals surface area contributed by atoms with Crippen LogP contribution in [-0.4, -0.2) is 13.1 Å². The molecule has 0 saturated carbocycles. The van der Waals surface area contributed by atoms with Crippen LogP contribution in [0, 0.1) is 18.8 Å². The Labute approximate surface area is 121 Å². The maximum atomic E-state index is 3.52. The Morgan fingerprint density at radius 3 is 2.00 bits per heavy atom. The number of aryl methyl sites for hydroxylation is 1. The number of hydrogen-bond donors (Lipinski definition) is 0. The van der Waals surface area contributed by atoms with Crippen molar-refractivity contribution in [3.8, 4) is 0 Å². The first-order chi connectivity index (χ1) is 8.43. The summed E-state index contributed by atoms with van der Waals surface area (Å²) in [6, 6.07) is 6.79. The Morgan fingerprint density at radius 1 is 1.06 bits per heavy atom. The molecule has 0 aliphatic heterocycles. The fourth-order valence-corrected chi connectivity index (χ4v) is 2.66. The summed E-state index contributed by atoms with van der Waals surface area (Å²) in [5.41, 5.74) is 4.13. The third-order valence-electron chi connectivity index (χ3n) is 2.93. The molecule has 1 rings (SSSR count). The molecule has 0 aliphatic rings. The van der Waals surface area contributed by atoms with Crippen molar-refractivity contribution < 1.29 is 0 Å². The van der Waals surface area contributed by atoms with E-state index in [1.807, 2.05) is 0 Å². The minimum absolute atomic E-state index is 0.694. The van der Waals surface area contributed by atoms with Gasteiger partial charge in [-0.15, -0.1) is 0 Å². The average Bonchev–Trinajstić information content (AvgIpc) is 2.26. The molecule has 0 amide bonds. The Kier molecular flexibility index (Phi) is 6.20. The highest BCUT2D eigenvalue weighted by molar-refractivity contribution is 9.08. The lowest BCUT2D eigenvalue weighted by molar-refractivity contribution is 0.552. The molecule has 0 bridgehead atoms. The number of nitrogens with zero attached hydrogens (tertiary/aromatic N) is 1. The standard InChI is InChI=1S/C16H26BrN/c1-12(2)10-18(11-13(3)4)16-7-6-15(9-17)8-14(16)5/h6-8,12-13H,9-11H2,1-5H3. The summed E-state index contributed by atoms with van der Waals surface area (Å²) in [6.07, 6.45) is 0. The van der Waals surface area contributed by atoms with Crippen molar-refractivity contribution in [1.82, 2.24) is 0 Å². The van der Waals surface area contributed by atoms with Crippen LogP contribution in [0.5, 0.6) is 0 Å². The Bertz CT molecular complexity index is 361. The fraction of sp³-hybridized carbons (Fsp3) is 0.625. The van der Waals surface area contributed by atoms with Gasteiger partial charge in [-0.05, 0) is 36.0 Å². The smallest absolute Gasteiger partial charge is 0.0396 e. The Balaban J connectivity index is 2.96. The van der Waals surface area contributed by atoms with Crippen molar-refractivity contribution in [2.24, 2.45) is 11.8 Å². The van der Waals surface area contributed by atoms with Gasteiger partial charge >= 0.3 is 0 Å². The largest absolute Gasteiger partial charge is 0.371 e.